The van der Waals surface area contributed by atoms with Gasteiger partial charge in [0.2, 0.25) is 15.9 Å². The molecule has 0 saturated carbocycles. The van der Waals surface area contributed by atoms with Crippen LogP contribution in [0.2, 0.25) is 0 Å². The monoisotopic (exact) mass is 455 g/mol. The number of rotatable bonds is 9. The van der Waals surface area contributed by atoms with E-state index in [1.807, 2.05) is 25.3 Å². The Morgan fingerprint density at radius 3 is 2.37 bits per heavy atom. The molecule has 0 unspecified atom stereocenters. The van der Waals surface area contributed by atoms with Gasteiger partial charge in [-0.2, -0.15) is 4.31 Å². The molecule has 1 aromatic heterocycles. The van der Waals surface area contributed by atoms with Gasteiger partial charge in [-0.15, -0.1) is 0 Å². The number of nitrogens with one attached hydrogen (secondary N) is 1. The van der Waals surface area contributed by atoms with Crippen molar-refractivity contribution in [1.29, 1.82) is 0 Å². The average Bonchev–Trinajstić information content (AvgIpc) is 3.02. The minimum absolute atomic E-state index is 0.0851. The molecule has 166 valence electrons. The van der Waals surface area contributed by atoms with Crippen molar-refractivity contribution in [3.8, 4) is 0 Å². The number of urea groups is 1. The number of amides is 3. The number of nitrogens with zero attached hydrogens (tertiary/aromatic N) is 3. The first-order valence-electron chi connectivity index (χ1n) is 9.84. The molecule has 0 bridgehead atoms. The van der Waals surface area contributed by atoms with Gasteiger partial charge in [0.1, 0.15) is 0 Å². The van der Waals surface area contributed by atoms with Gasteiger partial charge in [-0.1, -0.05) is 39.5 Å². The first-order chi connectivity index (χ1) is 14.1. The summed E-state index contributed by atoms with van der Waals surface area (Å²) in [7, 11) is -3.60. The highest BCUT2D eigenvalue weighted by Gasteiger charge is 2.28. The summed E-state index contributed by atoms with van der Waals surface area (Å²) >= 11 is 1.22. The van der Waals surface area contributed by atoms with E-state index in [9.17, 15) is 18.0 Å². The minimum Gasteiger partial charge on any atom is -0.351 e. The number of fused-ring (bicyclic) bond motifs is 1. The molecular formula is C19H29N5O4S2. The highest BCUT2D eigenvalue weighted by molar-refractivity contribution is 8.00. The Hall–Kier alpha value is -2.11. The van der Waals surface area contributed by atoms with Gasteiger partial charge in [0, 0.05) is 19.6 Å². The van der Waals surface area contributed by atoms with E-state index in [4.69, 9.17) is 5.73 Å². The number of benzene rings is 1. The van der Waals surface area contributed by atoms with Crippen LogP contribution in [0.15, 0.2) is 28.3 Å². The van der Waals surface area contributed by atoms with Crippen molar-refractivity contribution in [2.24, 2.45) is 11.7 Å². The minimum atomic E-state index is -3.60. The van der Waals surface area contributed by atoms with E-state index in [2.05, 4.69) is 10.3 Å². The van der Waals surface area contributed by atoms with E-state index in [0.29, 0.717) is 30.3 Å². The number of thioether (sulfide) groups is 1. The van der Waals surface area contributed by atoms with Crippen LogP contribution in [0, 0.1) is 5.92 Å². The van der Waals surface area contributed by atoms with Gasteiger partial charge in [-0.25, -0.2) is 18.2 Å². The van der Waals surface area contributed by atoms with Crippen molar-refractivity contribution in [2.75, 3.05) is 13.1 Å². The first-order valence-corrected chi connectivity index (χ1v) is 12.2. The van der Waals surface area contributed by atoms with Gasteiger partial charge in [0.15, 0.2) is 5.16 Å². The molecule has 0 spiro atoms. The summed E-state index contributed by atoms with van der Waals surface area (Å²) in [5.41, 5.74) is 6.39. The standard InChI is InChI=1S/C19H29N5O4S2/c1-6-23(7-2)30(27,28)13-9-10-15-14(11-13)21-19(24(15)8-3)29-16(12(4)5)17(25)22-18(20)26/h9-12,16H,6-8H2,1-5H3,(H3,20,22,25,26)/t16-/m0/s1. The lowest BCUT2D eigenvalue weighted by molar-refractivity contribution is -0.120. The summed E-state index contributed by atoms with van der Waals surface area (Å²) in [6, 6.07) is 3.98. The number of hydrogen-bond donors (Lipinski definition) is 2. The molecule has 2 aromatic rings. The zero-order valence-electron chi connectivity index (χ0n) is 17.9. The summed E-state index contributed by atoms with van der Waals surface area (Å²) in [5.74, 6) is -0.569. The summed E-state index contributed by atoms with van der Waals surface area (Å²) in [5, 5.41) is 2.11. The zero-order chi connectivity index (χ0) is 22.6. The Morgan fingerprint density at radius 2 is 1.87 bits per heavy atom. The van der Waals surface area contributed by atoms with Gasteiger partial charge in [0.05, 0.1) is 21.2 Å². The molecule has 1 atom stereocenters. The van der Waals surface area contributed by atoms with E-state index < -0.39 is 27.2 Å². The Morgan fingerprint density at radius 1 is 1.23 bits per heavy atom. The second kappa shape index (κ2) is 9.80. The molecule has 9 nitrogen and oxygen atoms in total. The van der Waals surface area contributed by atoms with E-state index in [0.717, 1.165) is 5.52 Å². The summed E-state index contributed by atoms with van der Waals surface area (Å²) < 4.78 is 29.0. The van der Waals surface area contributed by atoms with E-state index >= 15 is 0 Å². The maximum Gasteiger partial charge on any atom is 0.318 e. The van der Waals surface area contributed by atoms with Gasteiger partial charge < -0.3 is 10.3 Å². The third-order valence-electron chi connectivity index (χ3n) is 4.69. The van der Waals surface area contributed by atoms with Gasteiger partial charge in [0.25, 0.3) is 0 Å². The topological polar surface area (TPSA) is 127 Å². The predicted octanol–water partition coefficient (Wildman–Crippen LogP) is 2.40. The SMILES string of the molecule is CCN(CC)S(=O)(=O)c1ccc2c(c1)nc(S[C@H](C(=O)NC(N)=O)C(C)C)n2CC. The quantitative estimate of drug-likeness (QED) is 0.559. The molecule has 1 heterocycles. The van der Waals surface area contributed by atoms with E-state index in [-0.39, 0.29) is 10.8 Å². The van der Waals surface area contributed by atoms with Crippen molar-refractivity contribution in [3.05, 3.63) is 18.2 Å². The fourth-order valence-electron chi connectivity index (χ4n) is 3.15. The normalized spacial score (nSPS) is 13.2. The number of hydrogen-bond acceptors (Lipinski definition) is 6. The van der Waals surface area contributed by atoms with Crippen LogP contribution in [0.1, 0.15) is 34.6 Å². The Kier molecular flexibility index (Phi) is 7.89. The fraction of sp³-hybridized carbons (Fsp3) is 0.526. The van der Waals surface area contributed by atoms with Crippen LogP contribution in [-0.4, -0.2) is 52.6 Å². The van der Waals surface area contributed by atoms with Crippen LogP contribution < -0.4 is 11.1 Å². The Bertz CT molecular complexity index is 1030. The number of imide groups is 1. The number of aryl methyl sites for hydroxylation is 1. The van der Waals surface area contributed by atoms with Crippen molar-refractivity contribution < 1.29 is 18.0 Å². The van der Waals surface area contributed by atoms with Crippen molar-refractivity contribution in [2.45, 2.75) is 56.5 Å². The van der Waals surface area contributed by atoms with E-state index in [1.54, 1.807) is 32.0 Å². The van der Waals surface area contributed by atoms with Crippen molar-refractivity contribution >= 4 is 44.8 Å². The van der Waals surface area contributed by atoms with Gasteiger partial charge in [-0.05, 0) is 31.0 Å². The van der Waals surface area contributed by atoms with Crippen LogP contribution in [-0.2, 0) is 21.4 Å². The highest BCUT2D eigenvalue weighted by Crippen LogP contribution is 2.32. The van der Waals surface area contributed by atoms with Crippen LogP contribution in [0.4, 0.5) is 4.79 Å². The summed E-state index contributed by atoms with van der Waals surface area (Å²) in [6.07, 6.45) is 0. The number of primary amides is 1. The molecule has 0 saturated heterocycles. The van der Waals surface area contributed by atoms with Gasteiger partial charge in [-0.3, -0.25) is 10.1 Å². The number of imidazole rings is 1. The maximum atomic E-state index is 12.8. The van der Waals surface area contributed by atoms with Crippen molar-refractivity contribution in [3.63, 3.8) is 0 Å². The highest BCUT2D eigenvalue weighted by atomic mass is 32.2. The van der Waals surface area contributed by atoms with Gasteiger partial charge >= 0.3 is 6.03 Å². The Labute approximate surface area is 181 Å². The molecule has 0 aliphatic carbocycles. The summed E-state index contributed by atoms with van der Waals surface area (Å²) in [4.78, 5) is 28.3. The van der Waals surface area contributed by atoms with Crippen LogP contribution in [0.5, 0.6) is 0 Å². The van der Waals surface area contributed by atoms with Crippen LogP contribution in [0.3, 0.4) is 0 Å². The van der Waals surface area contributed by atoms with E-state index in [1.165, 1.54) is 16.1 Å². The first kappa shape index (κ1) is 24.2. The second-order valence-electron chi connectivity index (χ2n) is 7.01. The lowest BCUT2D eigenvalue weighted by Gasteiger charge is -2.18. The van der Waals surface area contributed by atoms with Crippen molar-refractivity contribution in [1.82, 2.24) is 19.2 Å². The molecule has 0 aliphatic heterocycles. The average molecular weight is 456 g/mol. The molecule has 2 rings (SSSR count). The molecular weight excluding hydrogens is 426 g/mol. The number of nitrogens with two attached hydrogens (primary N) is 1. The molecule has 3 amide bonds. The van der Waals surface area contributed by atoms with Crippen LogP contribution in [0.25, 0.3) is 11.0 Å². The number of carbonyl (C=O) groups excluding carboxylic acids is 2. The third-order valence-corrected chi connectivity index (χ3v) is 8.27. The lowest BCUT2D eigenvalue weighted by Crippen LogP contribution is -2.42. The number of carbonyl (C=O) groups is 2. The lowest BCUT2D eigenvalue weighted by atomic mass is 10.1. The number of aromatic nitrogens is 2. The molecule has 0 aliphatic rings. The largest absolute Gasteiger partial charge is 0.351 e. The second-order valence-corrected chi connectivity index (χ2v) is 10.1. The smallest absolute Gasteiger partial charge is 0.318 e. The van der Waals surface area contributed by atoms with Crippen LogP contribution >= 0.6 is 11.8 Å². The zero-order valence-corrected chi connectivity index (χ0v) is 19.5. The third kappa shape index (κ3) is 4.96. The molecule has 0 radical (unpaired) electrons. The number of sulfonamides is 1. The molecule has 11 heteroatoms. The predicted molar refractivity (Wildman–Crippen MR) is 118 cm³/mol. The molecule has 1 aromatic carbocycles. The molecule has 0 fully saturated rings. The fourth-order valence-corrected chi connectivity index (χ4v) is 5.80. The molecule has 30 heavy (non-hydrogen) atoms. The molecule has 3 N–H and O–H groups in total. The maximum absolute atomic E-state index is 12.8. The summed E-state index contributed by atoms with van der Waals surface area (Å²) in [6.45, 7) is 10.6. The Balaban J connectivity index is 2.49.